The zero-order chi connectivity index (χ0) is 83.7. The van der Waals surface area contributed by atoms with Gasteiger partial charge in [-0.1, -0.05) is 0 Å². The Bertz CT molecular complexity index is 2920. The SMILES string of the molecule is CC(=O)N[C@H]1C(O)O[C@H](CO)[C@@H](O[C@@H]2O[C@H](CO[C@H]3O[C@H](CO[C@H]4O[C@H](CO)[C@@H](O)[C@H](O)[C@@H]4O[C@H]4O[C@H](CO)[C@@H](O)[C@H](O)[C@@H]4O)[C@@H](O)[C@H](O[C@H]4O[C@H](CO)[C@@H](O)[C@H](O)[C@@H]4O[C@H]4O[C@H](CO)[C@@H](O)[C@H](O)[C@@H]4O)[C@@H]3O)[C@@H](O)[C@H](O[C@H]3O[C@H](CO)[C@@H](O)[C@H](O[C@H]4O[C@H](CO)[C@@H](O)[C@H](O)[C@@H]4O[C@H]4O[C@H](CO)[C@@H](O)[C@H](O)[C@@H]4O)[C@@H]3O)[C@@H]2O)[C@@H]1O. The maximum absolute atomic E-state index is 12.5. The Morgan fingerprint density at radius 3 is 0.807 bits per heavy atom. The van der Waals surface area contributed by atoms with E-state index in [1.807, 2.05) is 0 Å². The van der Waals surface area contributed by atoms with Gasteiger partial charge in [0.15, 0.2) is 62.9 Å². The van der Waals surface area contributed by atoms with Gasteiger partial charge in [-0.3, -0.25) is 4.79 Å². The first-order chi connectivity index (χ1) is 54.0. The largest absolute Gasteiger partial charge is 0.394 e. The van der Waals surface area contributed by atoms with Gasteiger partial charge in [0.25, 0.3) is 0 Å². The lowest BCUT2D eigenvalue weighted by molar-refractivity contribution is -0.402. The van der Waals surface area contributed by atoms with Crippen molar-refractivity contribution in [2.45, 2.75) is 314 Å². The number of amides is 1. The monoisotopic (exact) mass is 1680 g/mol. The van der Waals surface area contributed by atoms with Crippen molar-refractivity contribution in [2.75, 3.05) is 66.1 Å². The number of carbonyl (C=O) groups excluding carboxylic acids is 1. The predicted octanol–water partition coefficient (Wildman–Crippen LogP) is -22.7. The Morgan fingerprint density at radius 2 is 0.465 bits per heavy atom. The number of nitrogens with one attached hydrogen (secondary N) is 1. The summed E-state index contributed by atoms with van der Waals surface area (Å²) in [7, 11) is 0. The summed E-state index contributed by atoms with van der Waals surface area (Å²) in [6, 6.07) is -1.80. The number of rotatable bonds is 29. The maximum atomic E-state index is 12.5. The zero-order valence-corrected chi connectivity index (χ0v) is 60.0. The molecule has 10 rings (SSSR count). The highest BCUT2D eigenvalue weighted by Crippen LogP contribution is 2.40. The Kier molecular flexibility index (Phi) is 33.4. The summed E-state index contributed by atoms with van der Waals surface area (Å²) < 4.78 is 110. The Balaban J connectivity index is 0.979. The molecule has 0 aromatic carbocycles. The lowest BCUT2D eigenvalue weighted by Gasteiger charge is -2.50. The molecule has 10 heterocycles. The molecule has 10 aliphatic rings. The van der Waals surface area contributed by atoms with Gasteiger partial charge in [-0.25, -0.2) is 0 Å². The van der Waals surface area contributed by atoms with Gasteiger partial charge in [0.2, 0.25) is 5.91 Å². The Labute approximate surface area is 642 Å². The predicted molar refractivity (Wildman–Crippen MR) is 341 cm³/mol. The average molecular weight is 1680 g/mol. The molecule has 0 spiro atoms. The third-order valence-electron chi connectivity index (χ3n) is 21.3. The second-order valence-corrected chi connectivity index (χ2v) is 28.8. The number of aliphatic hydroxyl groups excluding tert-OH is 31. The van der Waals surface area contributed by atoms with Crippen molar-refractivity contribution in [1.29, 1.82) is 0 Å². The molecule has 1 unspecified atom stereocenters. The van der Waals surface area contributed by atoms with E-state index in [4.69, 9.17) is 90.0 Å². The van der Waals surface area contributed by atoms with Crippen LogP contribution in [0.15, 0.2) is 0 Å². The molecule has 50 atom stereocenters. The minimum Gasteiger partial charge on any atom is -0.394 e. The van der Waals surface area contributed by atoms with E-state index in [1.165, 1.54) is 0 Å². The third-order valence-corrected chi connectivity index (χ3v) is 21.3. The standard InChI is InChI=1S/C62H105NO51/c1-12(72)63-23-33(82)46(20(9-71)98-53(23)95)108-59-45(94)49(109-58-44(93)47(30(79)19(8-70)102-58)110-61-51(38(87)28(77)17(6-68)104-61)113-56-41(90)35(84)25(74)14(3-65)100-56)32(81)22(107-59)10-96-54-43(92)48(111-62-52(39(88)29(78)18(7-69)105-62)114-57-42(91)36(85)26(75)15(4-66)101-57)31(80)21(106-54)11-97-60-50(37(86)27(76)16(5-67)103-60)112-55-40(89)34(83)24(73)13(2-64)99-55/h13-62,64-71,73-95H,2-11H2,1H3,(H,63,72)/t13-,14-,15-,16-,17-,18-,19-,20-,21-,22-,23-,24-,25-,26-,27-,28-,29-,30-,31-,32-,33-,34+,35+,36+,37+,38+,39+,40+,41+,42+,43+,44+,45+,46-,47+,48+,49+,50+,51+,52+,53?,54+,55-,56-,57-,58-,59+,60+,61-,62-/m1/s1. The third kappa shape index (κ3) is 19.7. The minimum absolute atomic E-state index is 0.875. The van der Waals surface area contributed by atoms with Crippen LogP contribution in [0.5, 0.6) is 0 Å². The highest BCUT2D eigenvalue weighted by atomic mass is 16.8. The van der Waals surface area contributed by atoms with Crippen molar-refractivity contribution in [3.8, 4) is 0 Å². The Hall–Kier alpha value is -2.53. The summed E-state index contributed by atoms with van der Waals surface area (Å²) in [4.78, 5) is 12.3. The van der Waals surface area contributed by atoms with Crippen molar-refractivity contribution >= 4 is 5.91 Å². The van der Waals surface area contributed by atoms with E-state index in [2.05, 4.69) is 5.32 Å². The summed E-state index contributed by atoms with van der Waals surface area (Å²) in [5, 5.41) is 344. The lowest BCUT2D eigenvalue weighted by Crippen LogP contribution is -2.69. The quantitative estimate of drug-likeness (QED) is 0.0331. The van der Waals surface area contributed by atoms with Crippen LogP contribution in [-0.4, -0.2) is 537 Å². The molecular formula is C62H105NO51. The normalized spacial score (nSPS) is 52.6. The first-order valence-electron chi connectivity index (χ1n) is 36.2. The molecule has 0 radical (unpaired) electrons. The van der Waals surface area contributed by atoms with Crippen molar-refractivity contribution < 1.29 is 253 Å². The molecule has 0 bridgehead atoms. The van der Waals surface area contributed by atoms with Gasteiger partial charge < -0.3 is 254 Å². The summed E-state index contributed by atoms with van der Waals surface area (Å²) >= 11 is 0. The van der Waals surface area contributed by atoms with Crippen LogP contribution in [0.3, 0.4) is 0 Å². The number of hydrogen-bond acceptors (Lipinski definition) is 51. The molecule has 32 N–H and O–H groups in total. The van der Waals surface area contributed by atoms with E-state index in [0.717, 1.165) is 6.92 Å². The van der Waals surface area contributed by atoms with E-state index >= 15 is 0 Å². The van der Waals surface area contributed by atoms with Gasteiger partial charge in [0, 0.05) is 6.92 Å². The first-order valence-corrected chi connectivity index (χ1v) is 36.2. The van der Waals surface area contributed by atoms with Crippen molar-refractivity contribution in [3.05, 3.63) is 0 Å². The highest BCUT2D eigenvalue weighted by Gasteiger charge is 2.61. The van der Waals surface area contributed by atoms with Crippen LogP contribution >= 0.6 is 0 Å². The van der Waals surface area contributed by atoms with Crippen molar-refractivity contribution in [2.24, 2.45) is 0 Å². The van der Waals surface area contributed by atoms with E-state index in [0.29, 0.717) is 0 Å². The number of aliphatic hydroxyl groups is 31. The van der Waals surface area contributed by atoms with Crippen LogP contribution in [0, 0.1) is 0 Å². The lowest BCUT2D eigenvalue weighted by atomic mass is 9.94. The summed E-state index contributed by atoms with van der Waals surface area (Å²) in [6.45, 7) is -10.2. The summed E-state index contributed by atoms with van der Waals surface area (Å²) in [5.74, 6) is -0.875. The molecule has 0 saturated carbocycles. The van der Waals surface area contributed by atoms with E-state index in [-0.39, 0.29) is 0 Å². The molecule has 114 heavy (non-hydrogen) atoms. The van der Waals surface area contributed by atoms with Crippen LogP contribution in [0.2, 0.25) is 0 Å². The number of ether oxygens (including phenoxy) is 19. The zero-order valence-electron chi connectivity index (χ0n) is 60.0. The highest BCUT2D eigenvalue weighted by molar-refractivity contribution is 5.73. The molecule has 0 aliphatic carbocycles. The molecule has 0 aromatic heterocycles. The molecule has 0 aromatic rings. The first kappa shape index (κ1) is 93.7. The fourth-order valence-corrected chi connectivity index (χ4v) is 14.6. The number of hydrogen-bond donors (Lipinski definition) is 32. The van der Waals surface area contributed by atoms with Gasteiger partial charge in [-0.2, -0.15) is 0 Å². The second kappa shape index (κ2) is 40.6. The molecule has 10 fully saturated rings. The van der Waals surface area contributed by atoms with E-state index < -0.39 is 379 Å². The van der Waals surface area contributed by atoms with Gasteiger partial charge in [0.05, 0.1) is 66.1 Å². The molecule has 10 saturated heterocycles. The average Bonchev–Trinajstić information content (AvgIpc) is 0.773. The fraction of sp³-hybridized carbons (Fsp3) is 0.984. The second-order valence-electron chi connectivity index (χ2n) is 28.8. The van der Waals surface area contributed by atoms with Crippen LogP contribution in [0.1, 0.15) is 6.92 Å². The van der Waals surface area contributed by atoms with Crippen LogP contribution in [-0.2, 0) is 94.8 Å². The van der Waals surface area contributed by atoms with Crippen LogP contribution < -0.4 is 5.32 Å². The molecule has 664 valence electrons. The van der Waals surface area contributed by atoms with Gasteiger partial charge >= 0.3 is 0 Å². The molecule has 10 aliphatic heterocycles. The smallest absolute Gasteiger partial charge is 0.217 e. The van der Waals surface area contributed by atoms with Gasteiger partial charge in [-0.15, -0.1) is 0 Å². The molecular weight excluding hydrogens is 1570 g/mol. The van der Waals surface area contributed by atoms with Crippen LogP contribution in [0.25, 0.3) is 0 Å². The molecule has 52 heteroatoms. The van der Waals surface area contributed by atoms with Crippen LogP contribution in [0.4, 0.5) is 0 Å². The molecule has 52 nitrogen and oxygen atoms in total. The summed E-state index contributed by atoms with van der Waals surface area (Å²) in [6.07, 6.45) is -106. The topological polar surface area (TPSA) is 832 Å². The number of carbonyl (C=O) groups is 1. The maximum Gasteiger partial charge on any atom is 0.217 e. The van der Waals surface area contributed by atoms with E-state index in [1.54, 1.807) is 0 Å². The van der Waals surface area contributed by atoms with Gasteiger partial charge in [0.1, 0.15) is 244 Å². The fourth-order valence-electron chi connectivity index (χ4n) is 14.6. The van der Waals surface area contributed by atoms with Gasteiger partial charge in [-0.05, 0) is 0 Å². The summed E-state index contributed by atoms with van der Waals surface area (Å²) in [5.41, 5.74) is 0. The Morgan fingerprint density at radius 1 is 0.228 bits per heavy atom. The van der Waals surface area contributed by atoms with Crippen molar-refractivity contribution in [3.63, 3.8) is 0 Å². The van der Waals surface area contributed by atoms with E-state index in [9.17, 15) is 163 Å². The van der Waals surface area contributed by atoms with Crippen molar-refractivity contribution in [1.82, 2.24) is 5.32 Å². The molecule has 1 amide bonds. The minimum atomic E-state index is -2.55.